The summed E-state index contributed by atoms with van der Waals surface area (Å²) in [5.74, 6) is 0.689. The number of nitrogens with zero attached hydrogens (tertiary/aromatic N) is 3. The van der Waals surface area contributed by atoms with Crippen molar-refractivity contribution < 1.29 is 9.59 Å². The molecule has 0 atom stereocenters. The standard InChI is InChI=1S/C25H31N3O2/c1-27(2)24(30)25(11-14-28(15-12-25)23(29)20-7-4-8-20)17-19-6-3-9-21(16-19)22-10-5-13-26-18-22/h3,5-6,9-10,13,16,18,20H,4,7-8,11-12,14-15,17H2,1-2H3. The molecule has 5 nitrogen and oxygen atoms in total. The fraction of sp³-hybridized carbons (Fsp3) is 0.480. The van der Waals surface area contributed by atoms with E-state index in [1.165, 1.54) is 6.42 Å². The maximum atomic E-state index is 13.3. The molecule has 1 aliphatic carbocycles. The Morgan fingerprint density at radius 2 is 1.83 bits per heavy atom. The van der Waals surface area contributed by atoms with Crippen LogP contribution in [0, 0.1) is 11.3 Å². The summed E-state index contributed by atoms with van der Waals surface area (Å²) in [6, 6.07) is 12.4. The van der Waals surface area contributed by atoms with Crippen LogP contribution in [-0.4, -0.2) is 53.8 Å². The van der Waals surface area contributed by atoms with Gasteiger partial charge in [0.05, 0.1) is 5.41 Å². The minimum atomic E-state index is -0.451. The van der Waals surface area contributed by atoms with Crippen molar-refractivity contribution >= 4 is 11.8 Å². The molecule has 2 heterocycles. The maximum absolute atomic E-state index is 13.3. The molecular weight excluding hydrogens is 374 g/mol. The van der Waals surface area contributed by atoms with Crippen LogP contribution < -0.4 is 0 Å². The van der Waals surface area contributed by atoms with E-state index in [1.807, 2.05) is 31.3 Å². The molecule has 158 valence electrons. The summed E-state index contributed by atoms with van der Waals surface area (Å²) in [6.45, 7) is 1.36. The summed E-state index contributed by atoms with van der Waals surface area (Å²) in [7, 11) is 3.67. The number of pyridine rings is 1. The predicted octanol–water partition coefficient (Wildman–Crippen LogP) is 3.79. The molecule has 0 spiro atoms. The number of carbonyl (C=O) groups excluding carboxylic acids is 2. The molecule has 4 rings (SSSR count). The van der Waals surface area contributed by atoms with Gasteiger partial charge in [-0.3, -0.25) is 14.6 Å². The van der Waals surface area contributed by atoms with Crippen molar-refractivity contribution in [1.29, 1.82) is 0 Å². The minimum absolute atomic E-state index is 0.171. The highest BCUT2D eigenvalue weighted by molar-refractivity contribution is 5.84. The molecule has 1 aliphatic heterocycles. The first kappa shape index (κ1) is 20.6. The van der Waals surface area contributed by atoms with Gasteiger partial charge in [0.25, 0.3) is 0 Å². The third-order valence-corrected chi connectivity index (χ3v) is 6.81. The van der Waals surface area contributed by atoms with E-state index < -0.39 is 5.41 Å². The second-order valence-electron chi connectivity index (χ2n) is 9.05. The summed E-state index contributed by atoms with van der Waals surface area (Å²) < 4.78 is 0. The number of carbonyl (C=O) groups is 2. The molecule has 1 saturated heterocycles. The third kappa shape index (κ3) is 4.11. The van der Waals surface area contributed by atoms with E-state index in [-0.39, 0.29) is 11.8 Å². The number of hydrogen-bond donors (Lipinski definition) is 0. The van der Waals surface area contributed by atoms with E-state index in [2.05, 4.69) is 35.3 Å². The molecule has 0 unspecified atom stereocenters. The summed E-state index contributed by atoms with van der Waals surface area (Å²) in [5, 5.41) is 0. The molecule has 2 amide bonds. The molecule has 1 aromatic heterocycles. The van der Waals surface area contributed by atoms with Crippen molar-refractivity contribution in [3.8, 4) is 11.1 Å². The van der Waals surface area contributed by atoms with E-state index >= 15 is 0 Å². The van der Waals surface area contributed by atoms with Crippen LogP contribution >= 0.6 is 0 Å². The first-order valence-corrected chi connectivity index (χ1v) is 11.0. The zero-order valence-electron chi connectivity index (χ0n) is 18.0. The second kappa shape index (κ2) is 8.58. The molecule has 0 radical (unpaired) electrons. The monoisotopic (exact) mass is 405 g/mol. The Labute approximate surface area is 179 Å². The highest BCUT2D eigenvalue weighted by atomic mass is 16.2. The van der Waals surface area contributed by atoms with E-state index in [1.54, 1.807) is 11.1 Å². The van der Waals surface area contributed by atoms with Crippen molar-refractivity contribution in [3.63, 3.8) is 0 Å². The zero-order valence-corrected chi connectivity index (χ0v) is 18.0. The molecule has 2 aliphatic rings. The normalized spacial score (nSPS) is 18.5. The van der Waals surface area contributed by atoms with Gasteiger partial charge in [-0.05, 0) is 54.9 Å². The first-order chi connectivity index (χ1) is 14.5. The number of rotatable bonds is 5. The summed E-state index contributed by atoms with van der Waals surface area (Å²) in [5.41, 5.74) is 2.90. The molecular formula is C25H31N3O2. The van der Waals surface area contributed by atoms with Crippen molar-refractivity contribution in [1.82, 2.24) is 14.8 Å². The van der Waals surface area contributed by atoms with Crippen LogP contribution in [0.3, 0.4) is 0 Å². The minimum Gasteiger partial charge on any atom is -0.348 e. The van der Waals surface area contributed by atoms with Gasteiger partial charge in [0.2, 0.25) is 11.8 Å². The van der Waals surface area contributed by atoms with E-state index in [0.29, 0.717) is 25.4 Å². The van der Waals surface area contributed by atoms with E-state index in [9.17, 15) is 9.59 Å². The van der Waals surface area contributed by atoms with Gasteiger partial charge in [0.1, 0.15) is 0 Å². The molecule has 0 bridgehead atoms. The van der Waals surface area contributed by atoms with E-state index in [0.717, 1.165) is 42.4 Å². The first-order valence-electron chi connectivity index (χ1n) is 11.0. The number of benzene rings is 1. The summed E-state index contributed by atoms with van der Waals surface area (Å²) in [6.07, 6.45) is 9.00. The quantitative estimate of drug-likeness (QED) is 0.761. The molecule has 2 fully saturated rings. The largest absolute Gasteiger partial charge is 0.348 e. The molecule has 2 aromatic rings. The Balaban J connectivity index is 1.54. The lowest BCUT2D eigenvalue weighted by Crippen LogP contribution is -2.52. The number of hydrogen-bond acceptors (Lipinski definition) is 3. The lowest BCUT2D eigenvalue weighted by molar-refractivity contribution is -0.148. The Morgan fingerprint density at radius 3 is 2.43 bits per heavy atom. The van der Waals surface area contributed by atoms with Gasteiger partial charge < -0.3 is 9.80 Å². The zero-order chi connectivity index (χ0) is 21.1. The maximum Gasteiger partial charge on any atom is 0.228 e. The van der Waals surface area contributed by atoms with Crippen molar-refractivity contribution in [3.05, 3.63) is 54.4 Å². The van der Waals surface area contributed by atoms with Crippen molar-refractivity contribution in [2.45, 2.75) is 38.5 Å². The lowest BCUT2D eigenvalue weighted by atomic mass is 9.72. The van der Waals surface area contributed by atoms with Crippen LogP contribution in [0.4, 0.5) is 0 Å². The second-order valence-corrected chi connectivity index (χ2v) is 9.05. The smallest absolute Gasteiger partial charge is 0.228 e. The van der Waals surface area contributed by atoms with Gasteiger partial charge in [-0.15, -0.1) is 0 Å². The fourth-order valence-corrected chi connectivity index (χ4v) is 4.79. The van der Waals surface area contributed by atoms with Gasteiger partial charge in [0.15, 0.2) is 0 Å². The van der Waals surface area contributed by atoms with Crippen LogP contribution in [0.15, 0.2) is 48.8 Å². The summed E-state index contributed by atoms with van der Waals surface area (Å²) >= 11 is 0. The van der Waals surface area contributed by atoms with Crippen LogP contribution in [0.25, 0.3) is 11.1 Å². The van der Waals surface area contributed by atoms with Gasteiger partial charge in [-0.25, -0.2) is 0 Å². The number of piperidine rings is 1. The highest BCUT2D eigenvalue weighted by Gasteiger charge is 2.44. The summed E-state index contributed by atoms with van der Waals surface area (Å²) in [4.78, 5) is 33.9. The SMILES string of the molecule is CN(C)C(=O)C1(Cc2cccc(-c3cccnc3)c2)CCN(C(=O)C2CCC2)CC1. The number of aromatic nitrogens is 1. The van der Waals surface area contributed by atoms with Crippen LogP contribution in [0.5, 0.6) is 0 Å². The van der Waals surface area contributed by atoms with Crippen LogP contribution in [0.2, 0.25) is 0 Å². The predicted molar refractivity (Wildman–Crippen MR) is 118 cm³/mol. The molecule has 1 aromatic carbocycles. The third-order valence-electron chi connectivity index (χ3n) is 6.81. The van der Waals surface area contributed by atoms with Crippen LogP contribution in [-0.2, 0) is 16.0 Å². The van der Waals surface area contributed by atoms with Crippen LogP contribution in [0.1, 0.15) is 37.7 Å². The fourth-order valence-electron chi connectivity index (χ4n) is 4.79. The molecule has 1 saturated carbocycles. The number of amides is 2. The van der Waals surface area contributed by atoms with Crippen molar-refractivity contribution in [2.24, 2.45) is 11.3 Å². The lowest BCUT2D eigenvalue weighted by Gasteiger charge is -2.43. The van der Waals surface area contributed by atoms with Gasteiger partial charge in [-0.2, -0.15) is 0 Å². The highest BCUT2D eigenvalue weighted by Crippen LogP contribution is 2.39. The van der Waals surface area contributed by atoms with Gasteiger partial charge >= 0.3 is 0 Å². The van der Waals surface area contributed by atoms with Gasteiger partial charge in [0, 0.05) is 45.5 Å². The molecule has 0 N–H and O–H groups in total. The Hall–Kier alpha value is -2.69. The number of likely N-dealkylation sites (tertiary alicyclic amines) is 1. The Kier molecular flexibility index (Phi) is 5.89. The van der Waals surface area contributed by atoms with Crippen molar-refractivity contribution in [2.75, 3.05) is 27.2 Å². The topological polar surface area (TPSA) is 53.5 Å². The molecule has 5 heteroatoms. The Morgan fingerprint density at radius 1 is 1.10 bits per heavy atom. The van der Waals surface area contributed by atoms with E-state index in [4.69, 9.17) is 0 Å². The molecule has 30 heavy (non-hydrogen) atoms. The Bertz CT molecular complexity index is 898. The average molecular weight is 406 g/mol. The van der Waals surface area contributed by atoms with Gasteiger partial charge in [-0.1, -0.05) is 36.8 Å². The average Bonchev–Trinajstić information content (AvgIpc) is 2.73.